The molecule has 0 aliphatic carbocycles. The van der Waals surface area contributed by atoms with E-state index in [-0.39, 0.29) is 17.2 Å². The molecular formula is C29H35N7O5. The number of ether oxygens (including phenoxy) is 1. The van der Waals surface area contributed by atoms with E-state index in [1.165, 1.54) is 0 Å². The lowest BCUT2D eigenvalue weighted by molar-refractivity contribution is -0.118. The zero-order valence-electron chi connectivity index (χ0n) is 23.9. The fraction of sp³-hybridized carbons (Fsp3) is 0.379. The van der Waals surface area contributed by atoms with Crippen LogP contribution in [-0.2, 0) is 19.7 Å². The van der Waals surface area contributed by atoms with Crippen LogP contribution in [0.2, 0.25) is 0 Å². The first kappa shape index (κ1) is 28.1. The molecule has 0 radical (unpaired) electrons. The number of aryl methyl sites for hydroxylation is 1. The monoisotopic (exact) mass is 561 g/mol. The number of rotatable bonds is 6. The van der Waals surface area contributed by atoms with Gasteiger partial charge in [0.05, 0.1) is 36.7 Å². The number of nitrogens with one attached hydrogen (secondary N) is 5. The maximum atomic E-state index is 12.9. The van der Waals surface area contributed by atoms with Crippen LogP contribution < -0.4 is 21.3 Å². The molecule has 0 atom stereocenters. The molecule has 12 heteroatoms. The van der Waals surface area contributed by atoms with Crippen LogP contribution in [0.4, 0.5) is 27.7 Å². The van der Waals surface area contributed by atoms with E-state index >= 15 is 0 Å². The molecule has 5 rings (SSSR count). The summed E-state index contributed by atoms with van der Waals surface area (Å²) in [5.41, 5.74) is 5.10. The quantitative estimate of drug-likeness (QED) is 0.281. The molecule has 12 nitrogen and oxygen atoms in total. The van der Waals surface area contributed by atoms with Gasteiger partial charge in [-0.2, -0.15) is 0 Å². The summed E-state index contributed by atoms with van der Waals surface area (Å²) in [6.07, 6.45) is 1.78. The number of nitrogens with zero attached hydrogens (tertiary/aromatic N) is 2. The average Bonchev–Trinajstić information content (AvgIpc) is 3.57. The number of carbonyl (C=O) groups is 3. The lowest BCUT2D eigenvalue weighted by atomic mass is 9.93. The van der Waals surface area contributed by atoms with Gasteiger partial charge in [0.2, 0.25) is 5.91 Å². The third kappa shape index (κ3) is 6.34. The van der Waals surface area contributed by atoms with E-state index in [1.54, 1.807) is 30.3 Å². The minimum atomic E-state index is -0.487. The number of carbonyl (C=O) groups excluding carboxylic acids is 3. The Bertz CT molecular complexity index is 1520. The number of amides is 4. The van der Waals surface area contributed by atoms with E-state index < -0.39 is 6.03 Å². The van der Waals surface area contributed by atoms with Crippen LogP contribution in [0.25, 0.3) is 11.6 Å². The van der Waals surface area contributed by atoms with Crippen molar-refractivity contribution in [3.05, 3.63) is 52.5 Å². The Labute approximate surface area is 237 Å². The van der Waals surface area contributed by atoms with Gasteiger partial charge < -0.3 is 30.2 Å². The van der Waals surface area contributed by atoms with Crippen molar-refractivity contribution in [1.82, 2.24) is 15.0 Å². The van der Waals surface area contributed by atoms with Gasteiger partial charge in [-0.1, -0.05) is 32.0 Å². The summed E-state index contributed by atoms with van der Waals surface area (Å²) >= 11 is 0. The highest BCUT2D eigenvalue weighted by molar-refractivity contribution is 6.35. The average molecular weight is 562 g/mol. The Balaban J connectivity index is 1.27. The van der Waals surface area contributed by atoms with Gasteiger partial charge in [0.25, 0.3) is 5.91 Å². The fourth-order valence-electron chi connectivity index (χ4n) is 4.77. The van der Waals surface area contributed by atoms with E-state index in [0.29, 0.717) is 59.5 Å². The summed E-state index contributed by atoms with van der Waals surface area (Å²) < 4.78 is 10.7. The number of hydrogen-bond acceptors (Lipinski definition) is 7. The lowest BCUT2D eigenvalue weighted by Crippen LogP contribution is -2.41. The first-order valence-electron chi connectivity index (χ1n) is 13.5. The molecule has 1 saturated heterocycles. The Morgan fingerprint density at radius 2 is 1.85 bits per heavy atom. The van der Waals surface area contributed by atoms with Crippen molar-refractivity contribution in [2.24, 2.45) is 0 Å². The second kappa shape index (κ2) is 11.2. The van der Waals surface area contributed by atoms with E-state index in [4.69, 9.17) is 9.26 Å². The fourth-order valence-corrected chi connectivity index (χ4v) is 4.77. The maximum absolute atomic E-state index is 12.9. The van der Waals surface area contributed by atoms with Crippen molar-refractivity contribution in [1.29, 1.82) is 0 Å². The van der Waals surface area contributed by atoms with Crippen LogP contribution in [0.3, 0.4) is 0 Å². The second-order valence-corrected chi connectivity index (χ2v) is 11.3. The molecule has 216 valence electrons. The van der Waals surface area contributed by atoms with E-state index in [9.17, 15) is 14.4 Å². The molecule has 0 unspecified atom stereocenters. The van der Waals surface area contributed by atoms with E-state index in [0.717, 1.165) is 30.0 Å². The van der Waals surface area contributed by atoms with Crippen molar-refractivity contribution in [2.75, 3.05) is 54.1 Å². The molecule has 5 N–H and O–H groups in total. The van der Waals surface area contributed by atoms with Gasteiger partial charge in [0.15, 0.2) is 5.82 Å². The summed E-state index contributed by atoms with van der Waals surface area (Å²) in [6.45, 7) is 12.8. The third-order valence-electron chi connectivity index (χ3n) is 7.05. The van der Waals surface area contributed by atoms with Crippen LogP contribution in [0.1, 0.15) is 49.0 Å². The Kier molecular flexibility index (Phi) is 7.70. The predicted molar refractivity (Wildman–Crippen MR) is 157 cm³/mol. The van der Waals surface area contributed by atoms with E-state index in [2.05, 4.69) is 36.3 Å². The Hall–Kier alpha value is -4.42. The zero-order valence-corrected chi connectivity index (χ0v) is 23.9. The molecule has 4 heterocycles. The zero-order chi connectivity index (χ0) is 29.3. The molecule has 41 heavy (non-hydrogen) atoms. The summed E-state index contributed by atoms with van der Waals surface area (Å²) in [6, 6.07) is 6.39. The molecule has 2 aromatic heterocycles. The minimum absolute atomic E-state index is 0.0949. The third-order valence-corrected chi connectivity index (χ3v) is 7.05. The van der Waals surface area contributed by atoms with Gasteiger partial charge in [-0.25, -0.2) is 4.79 Å². The molecule has 1 aromatic carbocycles. The number of H-pyrrole nitrogens is 1. The van der Waals surface area contributed by atoms with Crippen LogP contribution in [0.15, 0.2) is 28.8 Å². The first-order valence-corrected chi connectivity index (χ1v) is 13.5. The van der Waals surface area contributed by atoms with Crippen molar-refractivity contribution < 1.29 is 23.6 Å². The van der Waals surface area contributed by atoms with Gasteiger partial charge in [-0.3, -0.25) is 19.8 Å². The first-order chi connectivity index (χ1) is 19.5. The maximum Gasteiger partial charge on any atom is 0.324 e. The van der Waals surface area contributed by atoms with Gasteiger partial charge in [-0.05, 0) is 37.6 Å². The largest absolute Gasteiger partial charge is 0.379 e. The van der Waals surface area contributed by atoms with Crippen molar-refractivity contribution in [2.45, 2.75) is 40.0 Å². The highest BCUT2D eigenvalue weighted by Crippen LogP contribution is 2.36. The van der Waals surface area contributed by atoms with Gasteiger partial charge in [0.1, 0.15) is 5.76 Å². The Morgan fingerprint density at radius 1 is 1.10 bits per heavy atom. The van der Waals surface area contributed by atoms with Gasteiger partial charge >= 0.3 is 6.03 Å². The predicted octanol–water partition coefficient (Wildman–Crippen LogP) is 4.32. The number of morpholine rings is 1. The van der Waals surface area contributed by atoms with Gasteiger partial charge in [-0.15, -0.1) is 0 Å². The summed E-state index contributed by atoms with van der Waals surface area (Å²) in [5.74, 6) is 0.605. The summed E-state index contributed by atoms with van der Waals surface area (Å²) in [4.78, 5) is 43.4. The number of aromatic nitrogens is 2. The number of aromatic amines is 1. The number of hydrogen-bond donors (Lipinski definition) is 5. The second-order valence-electron chi connectivity index (χ2n) is 11.3. The SMILES string of the molecule is Cc1[nH]c(/C=C2\C(=O)Nc3cc(NC(=O)Nc4cc(C(C)(C)C)on4)ccc32)c(C)c1NC(=O)CN1CCOCC1. The van der Waals surface area contributed by atoms with Crippen LogP contribution in [0.5, 0.6) is 0 Å². The number of fused-ring (bicyclic) bond motifs is 1. The highest BCUT2D eigenvalue weighted by Gasteiger charge is 2.26. The van der Waals surface area contributed by atoms with Crippen LogP contribution >= 0.6 is 0 Å². The summed E-state index contributed by atoms with van der Waals surface area (Å²) in [7, 11) is 0. The van der Waals surface area contributed by atoms with Gasteiger partial charge in [0, 0.05) is 47.2 Å². The molecule has 0 spiro atoms. The standard InChI is InChI=1S/C29H35N7O5/c1-16-21(30-17(2)26(16)34-25(37)15-36-8-10-40-11-9-36)13-20-19-7-6-18(12-22(19)32-27(20)38)31-28(39)33-24-14-23(41-35-24)29(3,4)5/h6-7,12-14,30H,8-11,15H2,1-5H3,(H,32,38)(H,34,37)(H2,31,33,35,39)/b20-13-. The number of benzene rings is 1. The molecular weight excluding hydrogens is 526 g/mol. The van der Waals surface area contributed by atoms with Crippen molar-refractivity contribution in [3.63, 3.8) is 0 Å². The Morgan fingerprint density at radius 3 is 2.56 bits per heavy atom. The minimum Gasteiger partial charge on any atom is -0.379 e. The molecule has 0 bridgehead atoms. The molecule has 0 saturated carbocycles. The van der Waals surface area contributed by atoms with Crippen molar-refractivity contribution >= 4 is 52.4 Å². The van der Waals surface area contributed by atoms with Crippen molar-refractivity contribution in [3.8, 4) is 0 Å². The molecule has 2 aliphatic rings. The molecule has 2 aliphatic heterocycles. The molecule has 1 fully saturated rings. The molecule has 4 amide bonds. The number of urea groups is 1. The smallest absolute Gasteiger partial charge is 0.324 e. The molecule has 3 aromatic rings. The summed E-state index contributed by atoms with van der Waals surface area (Å²) in [5, 5.41) is 15.2. The number of anilines is 4. The van der Waals surface area contributed by atoms with E-state index in [1.807, 2.05) is 34.6 Å². The van der Waals surface area contributed by atoms with Crippen LogP contribution in [0, 0.1) is 13.8 Å². The topological polar surface area (TPSA) is 154 Å². The normalized spacial score (nSPS) is 16.4. The lowest BCUT2D eigenvalue weighted by Gasteiger charge is -2.25. The van der Waals surface area contributed by atoms with Crippen LogP contribution in [-0.4, -0.2) is 65.7 Å². The highest BCUT2D eigenvalue weighted by atomic mass is 16.5.